The number of rotatable bonds is 4. The summed E-state index contributed by atoms with van der Waals surface area (Å²) < 4.78 is 7.42. The quantitative estimate of drug-likeness (QED) is 0.813. The minimum atomic E-state index is 0.754. The number of hydrogen-bond donors (Lipinski definition) is 0. The zero-order chi connectivity index (χ0) is 14.8. The van der Waals surface area contributed by atoms with Crippen molar-refractivity contribution in [2.45, 2.75) is 24.9 Å². The van der Waals surface area contributed by atoms with E-state index in [1.807, 2.05) is 31.8 Å². The van der Waals surface area contributed by atoms with Crippen LogP contribution in [-0.4, -0.2) is 45.6 Å². The van der Waals surface area contributed by atoms with Crippen LogP contribution in [0.3, 0.4) is 0 Å². The zero-order valence-electron chi connectivity index (χ0n) is 12.9. The summed E-state index contributed by atoms with van der Waals surface area (Å²) in [5.74, 6) is 3.63. The van der Waals surface area contributed by atoms with Gasteiger partial charge in [-0.05, 0) is 45.3 Å². The molecule has 6 heteroatoms. The maximum atomic E-state index is 5.36. The lowest BCUT2D eigenvalue weighted by Gasteiger charge is -2.29. The third-order valence-corrected chi connectivity index (χ3v) is 5.36. The predicted octanol–water partition coefficient (Wildman–Crippen LogP) is 2.82. The van der Waals surface area contributed by atoms with Crippen LogP contribution in [0.2, 0.25) is 0 Å². The fourth-order valence-corrected chi connectivity index (χ4v) is 3.93. The molecular weight excluding hydrogens is 284 g/mol. The molecule has 0 aliphatic carbocycles. The molecule has 1 saturated heterocycles. The third kappa shape index (κ3) is 3.16. The van der Waals surface area contributed by atoms with Gasteiger partial charge in [0.25, 0.3) is 0 Å². The highest BCUT2D eigenvalue weighted by Gasteiger charge is 2.19. The van der Waals surface area contributed by atoms with Crippen molar-refractivity contribution in [1.29, 1.82) is 0 Å². The normalized spacial score (nSPS) is 20.0. The number of thioether (sulfide) groups is 1. The van der Waals surface area contributed by atoms with E-state index in [1.54, 1.807) is 6.26 Å². The average molecular weight is 306 g/mol. The highest BCUT2D eigenvalue weighted by molar-refractivity contribution is 7.99. The lowest BCUT2D eigenvalue weighted by atomic mass is 10.0. The molecule has 3 rings (SSSR count). The molecule has 5 nitrogen and oxygen atoms in total. The highest BCUT2D eigenvalue weighted by atomic mass is 32.2. The van der Waals surface area contributed by atoms with Gasteiger partial charge in [-0.25, -0.2) is 0 Å². The zero-order valence-corrected chi connectivity index (χ0v) is 13.7. The summed E-state index contributed by atoms with van der Waals surface area (Å²) in [6.07, 6.45) is 4.33. The Morgan fingerprint density at radius 2 is 2.24 bits per heavy atom. The average Bonchev–Trinajstić information content (AvgIpc) is 3.03. The molecule has 21 heavy (non-hydrogen) atoms. The molecule has 3 heterocycles. The van der Waals surface area contributed by atoms with E-state index in [1.165, 1.54) is 25.9 Å². The monoisotopic (exact) mass is 306 g/mol. The molecule has 1 atom stereocenters. The third-order valence-electron chi connectivity index (χ3n) is 4.10. The minimum Gasteiger partial charge on any atom is -0.469 e. The lowest BCUT2D eigenvalue weighted by molar-refractivity contribution is 0.224. The fraction of sp³-hybridized carbons (Fsp3) is 0.600. The van der Waals surface area contributed by atoms with E-state index in [2.05, 4.69) is 26.7 Å². The van der Waals surface area contributed by atoms with Crippen molar-refractivity contribution in [3.63, 3.8) is 0 Å². The Morgan fingerprint density at radius 3 is 2.95 bits per heavy atom. The molecule has 1 fully saturated rings. The molecule has 2 aromatic rings. The van der Waals surface area contributed by atoms with Crippen LogP contribution in [0.4, 0.5) is 0 Å². The number of nitrogens with zero attached hydrogens (tertiary/aromatic N) is 4. The second-order valence-electron chi connectivity index (χ2n) is 5.84. The molecule has 0 spiro atoms. The summed E-state index contributed by atoms with van der Waals surface area (Å²) in [4.78, 5) is 2.42. The van der Waals surface area contributed by atoms with Crippen molar-refractivity contribution in [3.8, 4) is 11.4 Å². The Labute approximate surface area is 129 Å². The van der Waals surface area contributed by atoms with Gasteiger partial charge in [-0.3, -0.25) is 0 Å². The molecule has 0 amide bonds. The smallest absolute Gasteiger partial charge is 0.191 e. The van der Waals surface area contributed by atoms with Crippen LogP contribution >= 0.6 is 11.8 Å². The standard InChI is InChI=1S/C15H22N4OS/c1-11-13(6-8-20-11)14-16-17-15(19(14)3)21-10-12-5-4-7-18(2)9-12/h6,8,12H,4-5,7,9-10H2,1-3H3. The minimum absolute atomic E-state index is 0.754. The van der Waals surface area contributed by atoms with Gasteiger partial charge >= 0.3 is 0 Å². The summed E-state index contributed by atoms with van der Waals surface area (Å²) in [6, 6.07) is 1.95. The first-order chi connectivity index (χ1) is 10.1. The molecule has 2 aromatic heterocycles. The van der Waals surface area contributed by atoms with E-state index < -0.39 is 0 Å². The van der Waals surface area contributed by atoms with Crippen molar-refractivity contribution in [2.24, 2.45) is 13.0 Å². The maximum absolute atomic E-state index is 5.36. The van der Waals surface area contributed by atoms with E-state index in [4.69, 9.17) is 4.42 Å². The first kappa shape index (κ1) is 14.7. The summed E-state index contributed by atoms with van der Waals surface area (Å²) >= 11 is 1.81. The van der Waals surface area contributed by atoms with Crippen LogP contribution in [0.25, 0.3) is 11.4 Å². The second kappa shape index (κ2) is 6.23. The molecule has 0 bridgehead atoms. The number of aromatic nitrogens is 3. The number of piperidine rings is 1. The number of furan rings is 1. The van der Waals surface area contributed by atoms with E-state index in [9.17, 15) is 0 Å². The van der Waals surface area contributed by atoms with Gasteiger partial charge < -0.3 is 13.9 Å². The van der Waals surface area contributed by atoms with Crippen molar-refractivity contribution in [2.75, 3.05) is 25.9 Å². The van der Waals surface area contributed by atoms with E-state index >= 15 is 0 Å². The van der Waals surface area contributed by atoms with E-state index in [0.717, 1.165) is 34.0 Å². The molecule has 0 radical (unpaired) electrons. The number of aryl methyl sites for hydroxylation is 1. The van der Waals surface area contributed by atoms with Crippen molar-refractivity contribution < 1.29 is 4.42 Å². The van der Waals surface area contributed by atoms with Gasteiger partial charge in [0.2, 0.25) is 0 Å². The maximum Gasteiger partial charge on any atom is 0.191 e. The lowest BCUT2D eigenvalue weighted by Crippen LogP contribution is -2.33. The number of hydrogen-bond acceptors (Lipinski definition) is 5. The molecule has 114 valence electrons. The van der Waals surface area contributed by atoms with Crippen molar-refractivity contribution >= 4 is 11.8 Å². The predicted molar refractivity (Wildman–Crippen MR) is 84.4 cm³/mol. The number of likely N-dealkylation sites (tertiary alicyclic amines) is 1. The molecule has 0 saturated carbocycles. The van der Waals surface area contributed by atoms with Crippen molar-refractivity contribution in [1.82, 2.24) is 19.7 Å². The van der Waals surface area contributed by atoms with Crippen LogP contribution < -0.4 is 0 Å². The molecule has 1 unspecified atom stereocenters. The van der Waals surface area contributed by atoms with Crippen LogP contribution in [0.5, 0.6) is 0 Å². The molecule has 0 N–H and O–H groups in total. The molecule has 1 aliphatic heterocycles. The van der Waals surface area contributed by atoms with Crippen molar-refractivity contribution in [3.05, 3.63) is 18.1 Å². The topological polar surface area (TPSA) is 47.1 Å². The Balaban J connectivity index is 1.67. The summed E-state index contributed by atoms with van der Waals surface area (Å²) in [5.41, 5.74) is 1.02. The van der Waals surface area contributed by atoms with Crippen LogP contribution in [0, 0.1) is 12.8 Å². The summed E-state index contributed by atoms with van der Waals surface area (Å²) in [5, 5.41) is 9.64. The van der Waals surface area contributed by atoms with Gasteiger partial charge in [-0.2, -0.15) is 0 Å². The Hall–Kier alpha value is -1.27. The van der Waals surface area contributed by atoms with E-state index in [0.29, 0.717) is 0 Å². The van der Waals surface area contributed by atoms with Gasteiger partial charge in [0.1, 0.15) is 5.76 Å². The summed E-state index contributed by atoms with van der Waals surface area (Å²) in [6.45, 7) is 4.38. The molecule has 0 aromatic carbocycles. The first-order valence-corrected chi connectivity index (χ1v) is 8.39. The van der Waals surface area contributed by atoms with Gasteiger partial charge in [0.15, 0.2) is 11.0 Å². The van der Waals surface area contributed by atoms with Crippen LogP contribution in [-0.2, 0) is 7.05 Å². The fourth-order valence-electron chi connectivity index (χ4n) is 2.89. The summed E-state index contributed by atoms with van der Waals surface area (Å²) in [7, 11) is 4.23. The van der Waals surface area contributed by atoms with Crippen LogP contribution in [0.15, 0.2) is 21.9 Å². The largest absolute Gasteiger partial charge is 0.469 e. The van der Waals surface area contributed by atoms with E-state index in [-0.39, 0.29) is 0 Å². The van der Waals surface area contributed by atoms with Gasteiger partial charge in [-0.15, -0.1) is 10.2 Å². The Kier molecular flexibility index (Phi) is 4.35. The SMILES string of the molecule is Cc1occc1-c1nnc(SCC2CCCN(C)C2)n1C. The Morgan fingerprint density at radius 1 is 1.38 bits per heavy atom. The molecule has 1 aliphatic rings. The van der Waals surface area contributed by atoms with Gasteiger partial charge in [0.05, 0.1) is 11.8 Å². The van der Waals surface area contributed by atoms with Gasteiger partial charge in [-0.1, -0.05) is 11.8 Å². The Bertz CT molecular complexity index is 607. The van der Waals surface area contributed by atoms with Gasteiger partial charge in [0, 0.05) is 19.3 Å². The first-order valence-electron chi connectivity index (χ1n) is 7.40. The molecular formula is C15H22N4OS. The highest BCUT2D eigenvalue weighted by Crippen LogP contribution is 2.28. The second-order valence-corrected chi connectivity index (χ2v) is 6.82. The van der Waals surface area contributed by atoms with Crippen LogP contribution in [0.1, 0.15) is 18.6 Å².